The van der Waals surface area contributed by atoms with Crippen molar-refractivity contribution in [1.29, 1.82) is 0 Å². The largest absolute Gasteiger partial charge is 0.479 e. The number of hydrogen-bond donors (Lipinski definition) is 3. The fraction of sp³-hybridized carbons (Fsp3) is 0.672. The zero-order valence-corrected chi connectivity index (χ0v) is 45.3. The van der Waals surface area contributed by atoms with E-state index in [0.29, 0.717) is 19.3 Å². The molecule has 6 unspecified atom stereocenters. The van der Waals surface area contributed by atoms with E-state index in [0.717, 1.165) is 103 Å². The molecular formula is C61H98O12. The number of carboxylic acid groups (broad SMARTS) is 1. The minimum absolute atomic E-state index is 0.0346. The summed E-state index contributed by atoms with van der Waals surface area (Å²) in [6.07, 6.45) is 51.3. The Morgan fingerprint density at radius 1 is 0.479 bits per heavy atom. The Morgan fingerprint density at radius 3 is 1.44 bits per heavy atom. The van der Waals surface area contributed by atoms with Gasteiger partial charge in [0, 0.05) is 12.8 Å². The standard InChI is InChI=1S/C61H98O12/c1-4-7-10-13-16-19-22-24-26-27-29-30-33-35-38-41-44-47-53(62)69-50-52(71-54(63)48-45-42-39-37-34-31-28-25-23-20-17-14-11-8-5-2)51-70-61-59(57(66)56(65)58(73-61)60(67)68)72-55(64)49-46-43-40-36-32-21-18-15-12-9-6-3/h8,11,15-20,24-26,28,34,37,42,45,52,56-59,61,65-66H,4-7,9-10,12-14,21-23,27,29-33,35-36,38-41,43-44,46-51H2,1-3H3,(H,67,68)/b11-8-,18-15-,19-16-,20-17-,26-24-,28-25-,37-34-,45-42-. The van der Waals surface area contributed by atoms with E-state index in [2.05, 4.69) is 93.7 Å². The van der Waals surface area contributed by atoms with Crippen LogP contribution in [0, 0.1) is 0 Å². The van der Waals surface area contributed by atoms with Gasteiger partial charge in [0.25, 0.3) is 0 Å². The molecule has 0 radical (unpaired) electrons. The number of esters is 3. The van der Waals surface area contributed by atoms with E-state index < -0.39 is 67.3 Å². The van der Waals surface area contributed by atoms with Gasteiger partial charge in [-0.1, -0.05) is 195 Å². The monoisotopic (exact) mass is 1020 g/mol. The lowest BCUT2D eigenvalue weighted by atomic mass is 9.98. The quantitative estimate of drug-likeness (QED) is 0.0228. The van der Waals surface area contributed by atoms with Gasteiger partial charge >= 0.3 is 23.9 Å². The van der Waals surface area contributed by atoms with E-state index in [1.807, 2.05) is 18.2 Å². The number of carbonyl (C=O) groups is 4. The van der Waals surface area contributed by atoms with Crippen LogP contribution in [-0.2, 0) is 42.9 Å². The highest BCUT2D eigenvalue weighted by atomic mass is 16.7. The average molecular weight is 1020 g/mol. The molecule has 1 aliphatic heterocycles. The Balaban J connectivity index is 2.77. The van der Waals surface area contributed by atoms with Gasteiger partial charge in [0.05, 0.1) is 13.0 Å². The van der Waals surface area contributed by atoms with Crippen molar-refractivity contribution in [3.63, 3.8) is 0 Å². The highest BCUT2D eigenvalue weighted by Crippen LogP contribution is 2.26. The molecule has 6 atom stereocenters. The SMILES string of the molecule is CC/C=C\C/C=C\C/C=C\C/C=C\C/C=C\CC(=O)OC(COC(=O)CCCCCCCCC/C=C\C/C=C\CCCCC)COC1OC(C(=O)O)C(O)C(O)C1OC(=O)CCCCCCC/C=C\CCCC. The number of carbonyl (C=O) groups excluding carboxylic acids is 3. The molecule has 0 spiro atoms. The molecular weight excluding hydrogens is 925 g/mol. The first kappa shape index (κ1) is 66.7. The molecule has 1 heterocycles. The van der Waals surface area contributed by atoms with Crippen LogP contribution in [0.15, 0.2) is 97.2 Å². The normalized spacial score (nSPS) is 19.1. The number of unbranched alkanes of at least 4 members (excludes halogenated alkanes) is 17. The summed E-state index contributed by atoms with van der Waals surface area (Å²) in [7, 11) is 0. The Morgan fingerprint density at radius 2 is 0.918 bits per heavy atom. The molecule has 0 aromatic heterocycles. The summed E-state index contributed by atoms with van der Waals surface area (Å²) in [6, 6.07) is 0. The van der Waals surface area contributed by atoms with Gasteiger partial charge in [0.2, 0.25) is 0 Å². The summed E-state index contributed by atoms with van der Waals surface area (Å²) in [5.41, 5.74) is 0. The second kappa shape index (κ2) is 48.6. The van der Waals surface area contributed by atoms with Crippen molar-refractivity contribution in [2.45, 2.75) is 250 Å². The predicted molar refractivity (Wildman–Crippen MR) is 294 cm³/mol. The van der Waals surface area contributed by atoms with Crippen molar-refractivity contribution in [3.05, 3.63) is 97.2 Å². The lowest BCUT2D eigenvalue weighted by Gasteiger charge is -2.40. The van der Waals surface area contributed by atoms with Crippen molar-refractivity contribution >= 4 is 23.9 Å². The number of carboxylic acids is 1. The maximum atomic E-state index is 13.1. The van der Waals surface area contributed by atoms with Crippen LogP contribution in [0.1, 0.15) is 213 Å². The number of aliphatic hydroxyl groups excluding tert-OH is 2. The molecule has 414 valence electrons. The van der Waals surface area contributed by atoms with Crippen LogP contribution in [0.3, 0.4) is 0 Å². The summed E-state index contributed by atoms with van der Waals surface area (Å²) < 4.78 is 28.2. The van der Waals surface area contributed by atoms with Crippen molar-refractivity contribution in [2.75, 3.05) is 13.2 Å². The molecule has 1 rings (SSSR count). The molecule has 0 aromatic rings. The topological polar surface area (TPSA) is 175 Å². The summed E-state index contributed by atoms with van der Waals surface area (Å²) >= 11 is 0. The fourth-order valence-corrected chi connectivity index (χ4v) is 7.81. The second-order valence-electron chi connectivity index (χ2n) is 18.8. The number of allylic oxidation sites excluding steroid dienone is 15. The summed E-state index contributed by atoms with van der Waals surface area (Å²) in [4.78, 5) is 50.9. The van der Waals surface area contributed by atoms with E-state index >= 15 is 0 Å². The first-order valence-electron chi connectivity index (χ1n) is 28.2. The predicted octanol–water partition coefficient (Wildman–Crippen LogP) is 14.1. The first-order chi connectivity index (χ1) is 35.6. The zero-order chi connectivity index (χ0) is 53.3. The Kier molecular flexibility index (Phi) is 44.4. The first-order valence-corrected chi connectivity index (χ1v) is 28.2. The summed E-state index contributed by atoms with van der Waals surface area (Å²) in [6.45, 7) is 5.69. The van der Waals surface area contributed by atoms with Gasteiger partial charge in [-0.2, -0.15) is 0 Å². The summed E-state index contributed by atoms with van der Waals surface area (Å²) in [5.74, 6) is -3.32. The Bertz CT molecular complexity index is 1640. The fourth-order valence-electron chi connectivity index (χ4n) is 7.81. The highest BCUT2D eigenvalue weighted by molar-refractivity contribution is 5.74. The Hall–Kier alpha value is -4.36. The van der Waals surface area contributed by atoms with Gasteiger partial charge < -0.3 is 39.0 Å². The number of hydrogen-bond acceptors (Lipinski definition) is 11. The van der Waals surface area contributed by atoms with E-state index in [-0.39, 0.29) is 25.9 Å². The lowest BCUT2D eigenvalue weighted by Crippen LogP contribution is -2.61. The molecule has 3 N–H and O–H groups in total. The van der Waals surface area contributed by atoms with Crippen LogP contribution in [0.25, 0.3) is 0 Å². The van der Waals surface area contributed by atoms with E-state index in [9.17, 15) is 34.5 Å². The van der Waals surface area contributed by atoms with Gasteiger partial charge in [-0.15, -0.1) is 0 Å². The lowest BCUT2D eigenvalue weighted by molar-refractivity contribution is -0.301. The minimum Gasteiger partial charge on any atom is -0.479 e. The second-order valence-corrected chi connectivity index (χ2v) is 18.8. The number of ether oxygens (including phenoxy) is 5. The third-order valence-corrected chi connectivity index (χ3v) is 12.1. The van der Waals surface area contributed by atoms with E-state index in [1.54, 1.807) is 6.08 Å². The Labute approximate surface area is 441 Å². The van der Waals surface area contributed by atoms with Crippen molar-refractivity contribution in [3.8, 4) is 0 Å². The molecule has 73 heavy (non-hydrogen) atoms. The van der Waals surface area contributed by atoms with Gasteiger partial charge in [0.1, 0.15) is 18.8 Å². The highest BCUT2D eigenvalue weighted by Gasteiger charge is 2.50. The van der Waals surface area contributed by atoms with Crippen LogP contribution in [0.5, 0.6) is 0 Å². The van der Waals surface area contributed by atoms with Crippen molar-refractivity contribution in [2.24, 2.45) is 0 Å². The zero-order valence-electron chi connectivity index (χ0n) is 45.3. The molecule has 0 amide bonds. The van der Waals surface area contributed by atoms with Gasteiger partial charge in [-0.3, -0.25) is 14.4 Å². The molecule has 0 saturated carbocycles. The van der Waals surface area contributed by atoms with Gasteiger partial charge in [-0.25, -0.2) is 4.79 Å². The smallest absolute Gasteiger partial charge is 0.335 e. The summed E-state index contributed by atoms with van der Waals surface area (Å²) in [5, 5.41) is 31.4. The number of aliphatic carboxylic acids is 1. The van der Waals surface area contributed by atoms with Crippen molar-refractivity contribution < 1.29 is 58.2 Å². The third-order valence-electron chi connectivity index (χ3n) is 12.1. The molecule has 0 aliphatic carbocycles. The number of aliphatic hydroxyl groups is 2. The van der Waals surface area contributed by atoms with Gasteiger partial charge in [0.15, 0.2) is 24.6 Å². The van der Waals surface area contributed by atoms with Crippen LogP contribution in [-0.4, -0.2) is 89.2 Å². The van der Waals surface area contributed by atoms with E-state index in [1.165, 1.54) is 51.4 Å². The molecule has 1 fully saturated rings. The third kappa shape index (κ3) is 38.8. The maximum absolute atomic E-state index is 13.1. The molecule has 12 nitrogen and oxygen atoms in total. The molecule has 0 bridgehead atoms. The van der Waals surface area contributed by atoms with Crippen LogP contribution < -0.4 is 0 Å². The van der Waals surface area contributed by atoms with Crippen LogP contribution in [0.2, 0.25) is 0 Å². The molecule has 12 heteroatoms. The molecule has 1 saturated heterocycles. The molecule has 1 aliphatic rings. The van der Waals surface area contributed by atoms with Crippen molar-refractivity contribution in [1.82, 2.24) is 0 Å². The van der Waals surface area contributed by atoms with Gasteiger partial charge in [-0.05, 0) is 96.3 Å². The maximum Gasteiger partial charge on any atom is 0.335 e. The van der Waals surface area contributed by atoms with Crippen LogP contribution >= 0.6 is 0 Å². The molecule has 0 aromatic carbocycles. The van der Waals surface area contributed by atoms with E-state index in [4.69, 9.17) is 23.7 Å². The average Bonchev–Trinajstić information content (AvgIpc) is 3.37. The van der Waals surface area contributed by atoms with Crippen LogP contribution in [0.4, 0.5) is 0 Å². The minimum atomic E-state index is -1.92. The number of rotatable bonds is 46.